The minimum atomic E-state index is -0.681. The SMILES string of the molecule is Cc1ccc(NC(=O)COc2ccc(/C=C3/NC(=O)N(CC(=O)Nc4cccc(C)c4)C3=O)cc2Br)cc1. The van der Waals surface area contributed by atoms with Crippen LogP contribution >= 0.6 is 15.9 Å². The highest BCUT2D eigenvalue weighted by Crippen LogP contribution is 2.27. The summed E-state index contributed by atoms with van der Waals surface area (Å²) in [7, 11) is 0. The predicted octanol–water partition coefficient (Wildman–Crippen LogP) is 4.61. The van der Waals surface area contributed by atoms with Crippen molar-refractivity contribution in [2.24, 2.45) is 0 Å². The summed E-state index contributed by atoms with van der Waals surface area (Å²) in [6.07, 6.45) is 1.50. The van der Waals surface area contributed by atoms with Crippen molar-refractivity contribution in [3.8, 4) is 5.75 Å². The third kappa shape index (κ3) is 6.86. The number of nitrogens with zero attached hydrogens (tertiary/aromatic N) is 1. The van der Waals surface area contributed by atoms with Crippen molar-refractivity contribution in [2.75, 3.05) is 23.8 Å². The molecule has 0 radical (unpaired) electrons. The van der Waals surface area contributed by atoms with E-state index < -0.39 is 24.4 Å². The Bertz CT molecular complexity index is 1440. The number of hydrogen-bond acceptors (Lipinski definition) is 5. The summed E-state index contributed by atoms with van der Waals surface area (Å²) < 4.78 is 6.16. The van der Waals surface area contributed by atoms with Gasteiger partial charge in [-0.1, -0.05) is 35.9 Å². The van der Waals surface area contributed by atoms with Crippen LogP contribution in [0.25, 0.3) is 6.08 Å². The summed E-state index contributed by atoms with van der Waals surface area (Å²) in [5.41, 5.74) is 3.96. The number of imide groups is 1. The molecule has 0 bridgehead atoms. The van der Waals surface area contributed by atoms with Gasteiger partial charge in [-0.25, -0.2) is 9.69 Å². The predicted molar refractivity (Wildman–Crippen MR) is 147 cm³/mol. The van der Waals surface area contributed by atoms with Crippen molar-refractivity contribution >= 4 is 57.1 Å². The molecule has 1 saturated heterocycles. The van der Waals surface area contributed by atoms with E-state index in [-0.39, 0.29) is 18.2 Å². The highest BCUT2D eigenvalue weighted by atomic mass is 79.9. The van der Waals surface area contributed by atoms with Gasteiger partial charge in [-0.2, -0.15) is 0 Å². The highest BCUT2D eigenvalue weighted by molar-refractivity contribution is 9.10. The molecule has 3 aromatic rings. The van der Waals surface area contributed by atoms with Crippen LogP contribution < -0.4 is 20.7 Å². The Morgan fingerprint density at radius 2 is 1.66 bits per heavy atom. The standard InChI is InChI=1S/C28H25BrN4O5/c1-17-6-9-20(10-7-17)30-26(35)16-38-24-11-8-19(13-22(24)29)14-23-27(36)33(28(37)32-23)15-25(34)31-21-5-3-4-18(2)12-21/h3-14H,15-16H2,1-2H3,(H,30,35)(H,31,34)(H,32,37)/b23-14+. The summed E-state index contributed by atoms with van der Waals surface area (Å²) in [4.78, 5) is 50.6. The molecule has 0 aliphatic carbocycles. The van der Waals surface area contributed by atoms with E-state index in [0.29, 0.717) is 27.2 Å². The number of urea groups is 1. The van der Waals surface area contributed by atoms with E-state index in [1.54, 1.807) is 36.4 Å². The molecule has 194 valence electrons. The minimum Gasteiger partial charge on any atom is -0.483 e. The lowest BCUT2D eigenvalue weighted by atomic mass is 10.2. The first-order chi connectivity index (χ1) is 18.2. The van der Waals surface area contributed by atoms with E-state index in [1.165, 1.54) is 6.08 Å². The van der Waals surface area contributed by atoms with Crippen LogP contribution in [0.2, 0.25) is 0 Å². The van der Waals surface area contributed by atoms with E-state index in [1.807, 2.05) is 44.2 Å². The number of aryl methyl sites for hydroxylation is 2. The zero-order valence-electron chi connectivity index (χ0n) is 20.7. The maximum atomic E-state index is 12.8. The fourth-order valence-corrected chi connectivity index (χ4v) is 4.16. The average molecular weight is 577 g/mol. The molecule has 3 aromatic carbocycles. The number of nitrogens with one attached hydrogen (secondary N) is 3. The van der Waals surface area contributed by atoms with Crippen LogP contribution in [-0.2, 0) is 14.4 Å². The summed E-state index contributed by atoms with van der Waals surface area (Å²) in [5, 5.41) is 7.95. The molecule has 0 unspecified atom stereocenters. The number of carbonyl (C=O) groups is 4. The third-order valence-electron chi connectivity index (χ3n) is 5.53. The Balaban J connectivity index is 1.34. The Morgan fingerprint density at radius 1 is 0.921 bits per heavy atom. The van der Waals surface area contributed by atoms with Gasteiger partial charge in [0.25, 0.3) is 11.8 Å². The largest absolute Gasteiger partial charge is 0.483 e. The average Bonchev–Trinajstić information content (AvgIpc) is 3.12. The smallest absolute Gasteiger partial charge is 0.329 e. The van der Waals surface area contributed by atoms with Gasteiger partial charge in [-0.05, 0) is 83.4 Å². The van der Waals surface area contributed by atoms with Crippen LogP contribution in [0, 0.1) is 13.8 Å². The Hall–Kier alpha value is -4.44. The van der Waals surface area contributed by atoms with Gasteiger partial charge < -0.3 is 20.7 Å². The van der Waals surface area contributed by atoms with Crippen molar-refractivity contribution < 1.29 is 23.9 Å². The van der Waals surface area contributed by atoms with Crippen LogP contribution in [0.1, 0.15) is 16.7 Å². The molecular weight excluding hydrogens is 552 g/mol. The van der Waals surface area contributed by atoms with Crippen LogP contribution in [0.5, 0.6) is 5.75 Å². The molecule has 1 heterocycles. The highest BCUT2D eigenvalue weighted by Gasteiger charge is 2.35. The first-order valence-electron chi connectivity index (χ1n) is 11.7. The Labute approximate surface area is 228 Å². The number of amides is 5. The van der Waals surface area contributed by atoms with E-state index in [4.69, 9.17) is 4.74 Å². The zero-order valence-corrected chi connectivity index (χ0v) is 22.3. The summed E-state index contributed by atoms with van der Waals surface area (Å²) in [6, 6.07) is 19.0. The minimum absolute atomic E-state index is 0.0383. The molecule has 10 heteroatoms. The van der Waals surface area contributed by atoms with Crippen molar-refractivity contribution in [3.63, 3.8) is 0 Å². The topological polar surface area (TPSA) is 117 Å². The molecule has 3 N–H and O–H groups in total. The second-order valence-corrected chi connectivity index (χ2v) is 9.54. The number of hydrogen-bond donors (Lipinski definition) is 3. The van der Waals surface area contributed by atoms with Gasteiger partial charge in [-0.3, -0.25) is 14.4 Å². The maximum Gasteiger partial charge on any atom is 0.329 e. The first kappa shape index (κ1) is 26.6. The van der Waals surface area contributed by atoms with Crippen molar-refractivity contribution in [3.05, 3.63) is 93.6 Å². The van der Waals surface area contributed by atoms with E-state index in [2.05, 4.69) is 31.9 Å². The monoisotopic (exact) mass is 576 g/mol. The molecular formula is C28H25BrN4O5. The molecule has 9 nitrogen and oxygen atoms in total. The van der Waals surface area contributed by atoms with Gasteiger partial charge in [-0.15, -0.1) is 0 Å². The molecule has 0 saturated carbocycles. The fraction of sp³-hybridized carbons (Fsp3) is 0.143. The lowest BCUT2D eigenvalue weighted by Gasteiger charge is -2.12. The number of carbonyl (C=O) groups excluding carboxylic acids is 4. The molecule has 1 fully saturated rings. The summed E-state index contributed by atoms with van der Waals surface area (Å²) in [5.74, 6) is -0.977. The first-order valence-corrected chi connectivity index (χ1v) is 12.5. The Morgan fingerprint density at radius 3 is 2.37 bits per heavy atom. The number of benzene rings is 3. The summed E-state index contributed by atoms with van der Waals surface area (Å²) >= 11 is 3.41. The molecule has 1 aliphatic rings. The van der Waals surface area contributed by atoms with Gasteiger partial charge in [0.15, 0.2) is 6.61 Å². The fourth-order valence-electron chi connectivity index (χ4n) is 3.65. The van der Waals surface area contributed by atoms with E-state index in [9.17, 15) is 19.2 Å². The molecule has 0 aromatic heterocycles. The lowest BCUT2D eigenvalue weighted by Crippen LogP contribution is -2.38. The van der Waals surface area contributed by atoms with Crippen molar-refractivity contribution in [1.29, 1.82) is 0 Å². The number of rotatable bonds is 8. The number of ether oxygens (including phenoxy) is 1. The number of anilines is 2. The Kier molecular flexibility index (Phi) is 8.22. The van der Waals surface area contributed by atoms with Crippen molar-refractivity contribution in [1.82, 2.24) is 10.2 Å². The van der Waals surface area contributed by atoms with E-state index >= 15 is 0 Å². The lowest BCUT2D eigenvalue weighted by molar-refractivity contribution is -0.127. The second-order valence-electron chi connectivity index (χ2n) is 8.69. The quantitative estimate of drug-likeness (QED) is 0.267. The number of halogens is 1. The molecule has 1 aliphatic heterocycles. The van der Waals surface area contributed by atoms with Crippen molar-refractivity contribution in [2.45, 2.75) is 13.8 Å². The summed E-state index contributed by atoms with van der Waals surface area (Å²) in [6.45, 7) is 3.24. The molecule has 5 amide bonds. The van der Waals surface area contributed by atoms with Crippen LogP contribution in [0.15, 0.2) is 76.9 Å². The molecule has 4 rings (SSSR count). The van der Waals surface area contributed by atoms with E-state index in [0.717, 1.165) is 16.0 Å². The zero-order chi connectivity index (χ0) is 27.2. The molecule has 0 spiro atoms. The van der Waals surface area contributed by atoms with Crippen LogP contribution in [0.4, 0.5) is 16.2 Å². The van der Waals surface area contributed by atoms with Gasteiger partial charge in [0.05, 0.1) is 4.47 Å². The van der Waals surface area contributed by atoms with Gasteiger partial charge in [0.1, 0.15) is 18.0 Å². The van der Waals surface area contributed by atoms with Gasteiger partial charge >= 0.3 is 6.03 Å². The third-order valence-corrected chi connectivity index (χ3v) is 6.15. The molecule has 38 heavy (non-hydrogen) atoms. The maximum absolute atomic E-state index is 12.8. The van der Waals surface area contributed by atoms with Gasteiger partial charge in [0.2, 0.25) is 5.91 Å². The molecule has 0 atom stereocenters. The van der Waals surface area contributed by atoms with Gasteiger partial charge in [0, 0.05) is 11.4 Å². The van der Waals surface area contributed by atoms with Crippen LogP contribution in [-0.4, -0.2) is 41.8 Å². The normalized spacial score (nSPS) is 13.9. The van der Waals surface area contributed by atoms with Crippen LogP contribution in [0.3, 0.4) is 0 Å². The second kappa shape index (κ2) is 11.7.